The molecule has 0 aliphatic rings. The van der Waals surface area contributed by atoms with Gasteiger partial charge in [0, 0.05) is 42.6 Å². The number of aliphatic carboxylic acids is 1. The van der Waals surface area contributed by atoms with Crippen LogP contribution in [0.4, 0.5) is 4.79 Å². The van der Waals surface area contributed by atoms with Crippen molar-refractivity contribution >= 4 is 58.6 Å². The van der Waals surface area contributed by atoms with Crippen molar-refractivity contribution in [1.29, 1.82) is 0 Å². The minimum atomic E-state index is -1.69. The molecular formula is C44H53N7O10. The lowest BCUT2D eigenvalue weighted by molar-refractivity contribution is -0.141. The van der Waals surface area contributed by atoms with Crippen molar-refractivity contribution in [2.24, 2.45) is 5.73 Å². The van der Waals surface area contributed by atoms with Crippen LogP contribution in [-0.2, 0) is 46.3 Å². The maximum Gasteiger partial charge on any atom is 0.408 e. The minimum Gasteiger partial charge on any atom is -0.508 e. The van der Waals surface area contributed by atoms with Crippen LogP contribution in [0.2, 0.25) is 0 Å². The van der Waals surface area contributed by atoms with Crippen LogP contribution in [0.25, 0.3) is 17.0 Å². The largest absolute Gasteiger partial charge is 0.508 e. The normalized spacial score (nSPS) is 13.3. The molecule has 0 saturated heterocycles. The number of para-hydroxylation sites is 1. The van der Waals surface area contributed by atoms with Gasteiger partial charge in [-0.25, -0.2) is 4.79 Å². The van der Waals surface area contributed by atoms with E-state index in [0.717, 1.165) is 10.9 Å². The number of ether oxygens (including phenoxy) is 1. The van der Waals surface area contributed by atoms with E-state index in [1.807, 2.05) is 24.3 Å². The summed E-state index contributed by atoms with van der Waals surface area (Å²) in [5.41, 5.74) is 7.42. The summed E-state index contributed by atoms with van der Waals surface area (Å²) < 4.78 is 5.44. The van der Waals surface area contributed by atoms with Crippen LogP contribution in [0.5, 0.6) is 5.75 Å². The first-order chi connectivity index (χ1) is 29.0. The van der Waals surface area contributed by atoms with E-state index in [9.17, 15) is 43.8 Å². The number of H-pyrrole nitrogens is 1. The van der Waals surface area contributed by atoms with Gasteiger partial charge < -0.3 is 52.3 Å². The van der Waals surface area contributed by atoms with Gasteiger partial charge in [0.15, 0.2) is 0 Å². The molecule has 0 spiro atoms. The molecule has 0 radical (unpaired) electrons. The van der Waals surface area contributed by atoms with E-state index in [4.69, 9.17) is 10.5 Å². The Morgan fingerprint density at radius 1 is 0.770 bits per heavy atom. The number of carboxylic acid groups (broad SMARTS) is 1. The summed E-state index contributed by atoms with van der Waals surface area (Å²) in [6.45, 7) is 5.15. The molecule has 0 bridgehead atoms. The van der Waals surface area contributed by atoms with Crippen molar-refractivity contribution in [2.45, 2.75) is 89.1 Å². The number of carbonyl (C=O) groups excluding carboxylic acids is 6. The van der Waals surface area contributed by atoms with Crippen LogP contribution in [0.15, 0.2) is 91.1 Å². The molecule has 0 aliphatic heterocycles. The summed E-state index contributed by atoms with van der Waals surface area (Å²) in [5, 5.41) is 33.0. The number of unbranched alkanes of at least 4 members (excludes halogenated alkanes) is 1. The predicted octanol–water partition coefficient (Wildman–Crippen LogP) is 2.97. The highest BCUT2D eigenvalue weighted by molar-refractivity contribution is 5.97. The number of primary amides is 1. The van der Waals surface area contributed by atoms with Crippen molar-refractivity contribution in [2.75, 3.05) is 6.54 Å². The highest BCUT2D eigenvalue weighted by atomic mass is 16.6. The number of amides is 6. The highest BCUT2D eigenvalue weighted by Crippen LogP contribution is 2.20. The number of rotatable bonds is 21. The number of phenolic OH excluding ortho intramolecular Hbond substituents is 1. The quantitative estimate of drug-likeness (QED) is 0.0437. The van der Waals surface area contributed by atoms with Gasteiger partial charge in [-0.05, 0) is 81.0 Å². The Morgan fingerprint density at radius 3 is 2.11 bits per heavy atom. The second kappa shape index (κ2) is 22.3. The maximum atomic E-state index is 14.1. The predicted molar refractivity (Wildman–Crippen MR) is 227 cm³/mol. The topological polar surface area (TPSA) is 271 Å². The van der Waals surface area contributed by atoms with Gasteiger partial charge in [-0.2, -0.15) is 0 Å². The minimum absolute atomic E-state index is 0.00102. The number of nitrogens with two attached hydrogens (primary N) is 1. The van der Waals surface area contributed by atoms with Crippen molar-refractivity contribution in [1.82, 2.24) is 31.6 Å². The van der Waals surface area contributed by atoms with Crippen LogP contribution in [0, 0.1) is 0 Å². The van der Waals surface area contributed by atoms with E-state index in [0.29, 0.717) is 23.1 Å². The molecule has 0 fully saturated rings. The summed E-state index contributed by atoms with van der Waals surface area (Å²) in [6.07, 6.45) is 3.28. The number of hydrogen-bond donors (Lipinski definition) is 9. The molecular weight excluding hydrogens is 787 g/mol. The van der Waals surface area contributed by atoms with Crippen molar-refractivity contribution in [3.63, 3.8) is 0 Å². The number of carbonyl (C=O) groups is 7. The monoisotopic (exact) mass is 839 g/mol. The van der Waals surface area contributed by atoms with Crippen LogP contribution in [-0.4, -0.2) is 93.1 Å². The number of phenols is 1. The number of fused-ring (bicyclic) bond motifs is 1. The summed E-state index contributed by atoms with van der Waals surface area (Å²) >= 11 is 0. The van der Waals surface area contributed by atoms with E-state index in [2.05, 4.69) is 31.6 Å². The fourth-order valence-corrected chi connectivity index (χ4v) is 6.27. The zero-order valence-electron chi connectivity index (χ0n) is 34.2. The number of nitrogens with one attached hydrogen (secondary N) is 6. The lowest BCUT2D eigenvalue weighted by atomic mass is 10.0. The molecule has 17 heteroatoms. The lowest BCUT2D eigenvalue weighted by Gasteiger charge is -2.26. The molecule has 4 rings (SSSR count). The smallest absolute Gasteiger partial charge is 0.408 e. The first-order valence-electron chi connectivity index (χ1n) is 19.7. The van der Waals surface area contributed by atoms with Crippen LogP contribution >= 0.6 is 0 Å². The fraction of sp³-hybridized carbons (Fsp3) is 0.341. The van der Waals surface area contributed by atoms with E-state index in [1.54, 1.807) is 69.4 Å². The third kappa shape index (κ3) is 15.8. The van der Waals surface area contributed by atoms with Gasteiger partial charge in [-0.15, -0.1) is 0 Å². The third-order valence-corrected chi connectivity index (χ3v) is 9.21. The Bertz CT molecular complexity index is 2200. The summed E-state index contributed by atoms with van der Waals surface area (Å²) in [4.78, 5) is 94.5. The summed E-state index contributed by atoms with van der Waals surface area (Å²) in [7, 11) is 0. The molecule has 1 heterocycles. The van der Waals surface area contributed by atoms with E-state index in [-0.39, 0.29) is 38.0 Å². The Kier molecular flexibility index (Phi) is 17.0. The third-order valence-electron chi connectivity index (χ3n) is 9.21. The molecule has 17 nitrogen and oxygen atoms in total. The molecule has 1 aromatic heterocycles. The summed E-state index contributed by atoms with van der Waals surface area (Å²) in [5.74, 6) is -5.38. The Labute approximate surface area is 352 Å². The number of benzene rings is 3. The van der Waals surface area contributed by atoms with Gasteiger partial charge in [-0.1, -0.05) is 60.7 Å². The molecule has 0 aliphatic carbocycles. The molecule has 3 aromatic carbocycles. The molecule has 6 amide bonds. The number of hydrogen-bond acceptors (Lipinski definition) is 9. The van der Waals surface area contributed by atoms with Gasteiger partial charge >= 0.3 is 12.1 Å². The molecule has 4 atom stereocenters. The Balaban J connectivity index is 1.53. The average Bonchev–Trinajstić information content (AvgIpc) is 3.60. The van der Waals surface area contributed by atoms with Crippen molar-refractivity contribution in [3.8, 4) is 5.75 Å². The SMILES string of the molecule is CC(C)(C)OC(=O)N[C@@H](Cc1c[nH]c2ccccc12)C(=O)N[C@@H](CCCCNC(=O)/C=C/c1cccc(O)c1)C(=O)N[C@@H](CC(=O)O)C(=O)N[C@@H](Cc1ccccc1)C(N)=O. The van der Waals surface area contributed by atoms with Gasteiger partial charge in [0.25, 0.3) is 0 Å². The molecule has 61 heavy (non-hydrogen) atoms. The number of aromatic hydroxyl groups is 1. The number of aromatic amines is 1. The van der Waals surface area contributed by atoms with Crippen LogP contribution < -0.4 is 32.3 Å². The second-order valence-electron chi connectivity index (χ2n) is 15.4. The molecule has 4 aromatic rings. The average molecular weight is 840 g/mol. The van der Waals surface area contributed by atoms with Gasteiger partial charge in [-0.3, -0.25) is 28.8 Å². The van der Waals surface area contributed by atoms with E-state index in [1.165, 1.54) is 24.3 Å². The molecule has 324 valence electrons. The Hall–Kier alpha value is -7.17. The zero-order chi connectivity index (χ0) is 44.5. The molecule has 0 unspecified atom stereocenters. The summed E-state index contributed by atoms with van der Waals surface area (Å²) in [6, 6.07) is 16.8. The first kappa shape index (κ1) is 46.5. The fourth-order valence-electron chi connectivity index (χ4n) is 6.27. The van der Waals surface area contributed by atoms with Crippen LogP contribution in [0.1, 0.15) is 63.1 Å². The second-order valence-corrected chi connectivity index (χ2v) is 15.4. The van der Waals surface area contributed by atoms with E-state index >= 15 is 0 Å². The lowest BCUT2D eigenvalue weighted by Crippen LogP contribution is -2.59. The number of aromatic nitrogens is 1. The zero-order valence-corrected chi connectivity index (χ0v) is 34.2. The Morgan fingerprint density at radius 2 is 1.43 bits per heavy atom. The van der Waals surface area contributed by atoms with E-state index < -0.39 is 77.8 Å². The van der Waals surface area contributed by atoms with Gasteiger partial charge in [0.2, 0.25) is 29.5 Å². The first-order valence-corrected chi connectivity index (χ1v) is 19.7. The molecule has 0 saturated carbocycles. The number of carboxylic acids is 1. The number of alkyl carbamates (subject to hydrolysis) is 1. The highest BCUT2D eigenvalue weighted by Gasteiger charge is 2.33. The standard InChI is InChI=1S/C44H53N7O10/c1-44(2,3)61-43(60)51-35(24-29-26-47-32-17-8-7-16-31(29)32)41(58)48-33(18-9-10-21-46-37(53)20-19-28-14-11-15-30(52)22-28)40(57)50-36(25-38(54)55)42(59)49-34(39(45)56)23-27-12-5-4-6-13-27/h4-8,11-17,19-20,22,26,33-36,47,52H,9-10,18,21,23-25H2,1-3H3,(H2,45,56)(H,46,53)(H,48,58)(H,49,59)(H,50,57)(H,51,60)(H,54,55)/b20-19+/t33-,34-,35-,36-/m0/s1. The van der Waals surface area contributed by atoms with Crippen LogP contribution in [0.3, 0.4) is 0 Å². The molecule has 10 N–H and O–H groups in total. The van der Waals surface area contributed by atoms with Crippen molar-refractivity contribution < 1.29 is 48.5 Å². The van der Waals surface area contributed by atoms with Gasteiger partial charge in [0.1, 0.15) is 35.5 Å². The van der Waals surface area contributed by atoms with Gasteiger partial charge in [0.05, 0.1) is 6.42 Å². The maximum absolute atomic E-state index is 14.1. The van der Waals surface area contributed by atoms with Crippen molar-refractivity contribution in [3.05, 3.63) is 108 Å².